The molecule has 8 heteroatoms. The molecule has 3 atom stereocenters. The van der Waals surface area contributed by atoms with Gasteiger partial charge in [0.15, 0.2) is 0 Å². The van der Waals surface area contributed by atoms with Crippen LogP contribution in [0.25, 0.3) is 10.9 Å². The van der Waals surface area contributed by atoms with Crippen molar-refractivity contribution in [3.05, 3.63) is 65.4 Å². The Morgan fingerprint density at radius 3 is 2.72 bits per heavy atom. The number of likely N-dealkylation sites (tertiary alicyclic amines) is 1. The van der Waals surface area contributed by atoms with Crippen molar-refractivity contribution in [3.8, 4) is 6.07 Å². The summed E-state index contributed by atoms with van der Waals surface area (Å²) in [6.07, 6.45) is 6.23. The smallest absolute Gasteiger partial charge is 0.268 e. The zero-order chi connectivity index (χ0) is 27.1. The largest absolute Gasteiger partial charge is 0.351 e. The number of para-hydroxylation sites is 1. The number of hydrogen-bond donors (Lipinski definition) is 3. The summed E-state index contributed by atoms with van der Waals surface area (Å²) in [6.45, 7) is 2.12. The molecular formula is C31H33N5O3. The third kappa shape index (κ3) is 4.36. The van der Waals surface area contributed by atoms with Crippen LogP contribution in [-0.4, -0.2) is 46.2 Å². The van der Waals surface area contributed by atoms with E-state index in [9.17, 15) is 19.6 Å². The van der Waals surface area contributed by atoms with Crippen molar-refractivity contribution in [3.63, 3.8) is 0 Å². The van der Waals surface area contributed by atoms with E-state index in [1.54, 1.807) is 0 Å². The fraction of sp³-hybridized carbons (Fsp3) is 0.419. The lowest BCUT2D eigenvalue weighted by atomic mass is 9.80. The summed E-state index contributed by atoms with van der Waals surface area (Å²) < 4.78 is 0. The van der Waals surface area contributed by atoms with Gasteiger partial charge in [-0.15, -0.1) is 0 Å². The Labute approximate surface area is 227 Å². The number of carbonyl (C=O) groups excluding carboxylic acids is 3. The van der Waals surface area contributed by atoms with Crippen LogP contribution in [0.4, 0.5) is 5.69 Å². The van der Waals surface area contributed by atoms with Gasteiger partial charge < -0.3 is 20.5 Å². The molecule has 1 spiro atoms. The standard InChI is InChI=1S/C31H33N5O3/c1-19-8-7-13-24-22(19)15-26(33-24)28(37)34-27(14-20-9-3-2-4-10-20)29(38)36-18-31(16-21(36)17-32)23-11-5-6-12-25(23)35-30(31)39/h5-8,11-13,15,20-21,27,33H,2-4,9-10,14,16,18H2,1H3,(H,34,37)(H,35,39)/t21-,27+,31-/m0/s1. The topological polar surface area (TPSA) is 118 Å². The third-order valence-corrected chi connectivity index (χ3v) is 8.94. The first kappa shape index (κ1) is 25.2. The number of benzene rings is 2. The summed E-state index contributed by atoms with van der Waals surface area (Å²) in [4.78, 5) is 45.6. The van der Waals surface area contributed by atoms with Gasteiger partial charge in [0.25, 0.3) is 5.91 Å². The van der Waals surface area contributed by atoms with Gasteiger partial charge >= 0.3 is 0 Å². The van der Waals surface area contributed by atoms with E-state index in [1.807, 2.05) is 55.5 Å². The number of anilines is 1. The minimum atomic E-state index is -0.958. The van der Waals surface area contributed by atoms with Crippen molar-refractivity contribution in [1.82, 2.24) is 15.2 Å². The molecule has 0 radical (unpaired) electrons. The lowest BCUT2D eigenvalue weighted by Gasteiger charge is -2.31. The van der Waals surface area contributed by atoms with Gasteiger partial charge in [0.05, 0.1) is 11.5 Å². The molecule has 3 aromatic rings. The summed E-state index contributed by atoms with van der Waals surface area (Å²) in [5, 5.41) is 17.0. The Balaban J connectivity index is 1.29. The second-order valence-electron chi connectivity index (χ2n) is 11.4. The maximum atomic E-state index is 14.2. The number of amides is 3. The highest BCUT2D eigenvalue weighted by atomic mass is 16.2. The molecule has 3 heterocycles. The molecule has 39 heavy (non-hydrogen) atoms. The van der Waals surface area contributed by atoms with Crippen molar-refractivity contribution in [2.24, 2.45) is 5.92 Å². The van der Waals surface area contributed by atoms with Crippen molar-refractivity contribution in [2.45, 2.75) is 69.4 Å². The molecule has 0 bridgehead atoms. The number of carbonyl (C=O) groups is 3. The van der Waals surface area contributed by atoms with Crippen LogP contribution in [0.5, 0.6) is 0 Å². The number of aryl methyl sites for hydroxylation is 1. The summed E-state index contributed by atoms with van der Waals surface area (Å²) in [7, 11) is 0. The number of rotatable bonds is 5. The maximum absolute atomic E-state index is 14.2. The van der Waals surface area contributed by atoms with Crippen LogP contribution in [0.1, 0.15) is 66.6 Å². The number of fused-ring (bicyclic) bond motifs is 3. The molecule has 3 aliphatic rings. The Morgan fingerprint density at radius 1 is 1.15 bits per heavy atom. The van der Waals surface area contributed by atoms with E-state index in [0.29, 0.717) is 18.0 Å². The summed E-state index contributed by atoms with van der Waals surface area (Å²) in [5.41, 5.74) is 2.93. The number of H-pyrrole nitrogens is 1. The Kier molecular flexibility index (Phi) is 6.38. The average molecular weight is 524 g/mol. The van der Waals surface area contributed by atoms with Crippen LogP contribution in [0.15, 0.2) is 48.5 Å². The number of nitrogens with zero attached hydrogens (tertiary/aromatic N) is 2. The predicted molar refractivity (Wildman–Crippen MR) is 148 cm³/mol. The van der Waals surface area contributed by atoms with Gasteiger partial charge in [-0.2, -0.15) is 5.26 Å². The molecule has 200 valence electrons. The van der Waals surface area contributed by atoms with E-state index < -0.39 is 17.5 Å². The van der Waals surface area contributed by atoms with Crippen LogP contribution < -0.4 is 10.6 Å². The normalized spacial score (nSPS) is 23.4. The summed E-state index contributed by atoms with van der Waals surface area (Å²) in [6, 6.07) is 15.9. The van der Waals surface area contributed by atoms with Crippen molar-refractivity contribution in [2.75, 3.05) is 11.9 Å². The zero-order valence-corrected chi connectivity index (χ0v) is 22.1. The highest BCUT2D eigenvalue weighted by molar-refractivity contribution is 6.07. The number of nitrogens with one attached hydrogen (secondary N) is 3. The van der Waals surface area contributed by atoms with Crippen molar-refractivity contribution >= 4 is 34.3 Å². The molecular weight excluding hydrogens is 490 g/mol. The fourth-order valence-corrected chi connectivity index (χ4v) is 6.83. The Hall–Kier alpha value is -4.12. The molecule has 8 nitrogen and oxygen atoms in total. The molecule has 1 aromatic heterocycles. The Morgan fingerprint density at radius 2 is 1.95 bits per heavy atom. The molecule has 1 aliphatic carbocycles. The molecule has 0 unspecified atom stereocenters. The molecule has 3 amide bonds. The van der Waals surface area contributed by atoms with Crippen LogP contribution in [0, 0.1) is 24.2 Å². The van der Waals surface area contributed by atoms with Crippen LogP contribution in [0.3, 0.4) is 0 Å². The SMILES string of the molecule is Cc1cccc2[nH]c(C(=O)N[C@H](CC3CCCCC3)C(=O)N3C[C@]4(C[C@H]3C#N)C(=O)Nc3ccccc34)cc12. The lowest BCUT2D eigenvalue weighted by molar-refractivity contribution is -0.134. The first-order valence-corrected chi connectivity index (χ1v) is 13.9. The monoisotopic (exact) mass is 523 g/mol. The van der Waals surface area contributed by atoms with Crippen LogP contribution in [0.2, 0.25) is 0 Å². The van der Waals surface area contributed by atoms with E-state index in [0.717, 1.165) is 53.4 Å². The number of hydrogen-bond acceptors (Lipinski definition) is 4. The van der Waals surface area contributed by atoms with Crippen LogP contribution in [-0.2, 0) is 15.0 Å². The van der Waals surface area contributed by atoms with E-state index in [-0.39, 0.29) is 30.7 Å². The van der Waals surface area contributed by atoms with Gasteiger partial charge in [-0.3, -0.25) is 14.4 Å². The van der Waals surface area contributed by atoms with Crippen molar-refractivity contribution < 1.29 is 14.4 Å². The van der Waals surface area contributed by atoms with Gasteiger partial charge in [0.2, 0.25) is 11.8 Å². The minimum absolute atomic E-state index is 0.121. The zero-order valence-electron chi connectivity index (χ0n) is 22.1. The lowest BCUT2D eigenvalue weighted by Crippen LogP contribution is -2.51. The second kappa shape index (κ2) is 9.88. The van der Waals surface area contributed by atoms with E-state index in [2.05, 4.69) is 21.7 Å². The summed E-state index contributed by atoms with van der Waals surface area (Å²) >= 11 is 0. The maximum Gasteiger partial charge on any atom is 0.268 e. The highest BCUT2D eigenvalue weighted by Gasteiger charge is 2.56. The van der Waals surface area contributed by atoms with Crippen LogP contribution >= 0.6 is 0 Å². The van der Waals surface area contributed by atoms with E-state index in [4.69, 9.17) is 0 Å². The quantitative estimate of drug-likeness (QED) is 0.454. The first-order chi connectivity index (χ1) is 18.9. The molecule has 1 saturated heterocycles. The number of aromatic amines is 1. The number of aromatic nitrogens is 1. The molecule has 3 N–H and O–H groups in total. The molecule has 1 saturated carbocycles. The summed E-state index contributed by atoms with van der Waals surface area (Å²) in [5.74, 6) is -0.487. The van der Waals surface area contributed by atoms with Crippen molar-refractivity contribution in [1.29, 1.82) is 5.26 Å². The highest BCUT2D eigenvalue weighted by Crippen LogP contribution is 2.46. The van der Waals surface area contributed by atoms with Gasteiger partial charge in [0.1, 0.15) is 17.8 Å². The van der Waals surface area contributed by atoms with Gasteiger partial charge in [-0.05, 0) is 48.6 Å². The Bertz CT molecular complexity index is 1500. The molecule has 2 aromatic carbocycles. The minimum Gasteiger partial charge on any atom is -0.351 e. The molecule has 6 rings (SSSR count). The van der Waals surface area contributed by atoms with Gasteiger partial charge in [-0.1, -0.05) is 62.4 Å². The second-order valence-corrected chi connectivity index (χ2v) is 11.4. The number of nitriles is 1. The first-order valence-electron chi connectivity index (χ1n) is 13.9. The van der Waals surface area contributed by atoms with Gasteiger partial charge in [0, 0.05) is 29.6 Å². The average Bonchev–Trinajstić information content (AvgIpc) is 3.64. The van der Waals surface area contributed by atoms with E-state index in [1.165, 1.54) is 11.3 Å². The predicted octanol–water partition coefficient (Wildman–Crippen LogP) is 4.56. The molecule has 2 fully saturated rings. The fourth-order valence-electron chi connectivity index (χ4n) is 6.83. The third-order valence-electron chi connectivity index (χ3n) is 8.94. The molecule has 2 aliphatic heterocycles. The van der Waals surface area contributed by atoms with Gasteiger partial charge in [-0.25, -0.2) is 0 Å². The van der Waals surface area contributed by atoms with E-state index >= 15 is 0 Å².